The molecule has 0 unspecified atom stereocenters. The highest BCUT2D eigenvalue weighted by Crippen LogP contribution is 2.36. The van der Waals surface area contributed by atoms with Gasteiger partial charge in [0, 0.05) is 21.6 Å². The smallest absolute Gasteiger partial charge is 0.256 e. The van der Waals surface area contributed by atoms with Crippen molar-refractivity contribution >= 4 is 22.2 Å². The van der Waals surface area contributed by atoms with Crippen molar-refractivity contribution < 1.29 is 14.1 Å². The maximum atomic E-state index is 14.2. The summed E-state index contributed by atoms with van der Waals surface area (Å²) >= 11 is 1.64. The Labute approximate surface area is 187 Å². The summed E-state index contributed by atoms with van der Waals surface area (Å²) in [6, 6.07) is 18.5. The first-order valence-electron chi connectivity index (χ1n) is 11.1. The number of piperidine rings is 1. The number of benzene rings is 2. The molecule has 3 aromatic rings. The van der Waals surface area contributed by atoms with Crippen LogP contribution in [0.25, 0.3) is 0 Å². The van der Waals surface area contributed by atoms with Gasteiger partial charge in [0.15, 0.2) is 0 Å². The number of carbonyl (C=O) groups excluding carboxylic acids is 1. The summed E-state index contributed by atoms with van der Waals surface area (Å²) in [6.07, 6.45) is 3.23. The first-order valence-corrected chi connectivity index (χ1v) is 12.0. The minimum Gasteiger partial charge on any atom is -0.325 e. The van der Waals surface area contributed by atoms with Crippen molar-refractivity contribution in [2.24, 2.45) is 5.92 Å². The van der Waals surface area contributed by atoms with E-state index in [9.17, 15) is 9.18 Å². The van der Waals surface area contributed by atoms with E-state index in [4.69, 9.17) is 0 Å². The van der Waals surface area contributed by atoms with Gasteiger partial charge in [-0.1, -0.05) is 44.2 Å². The second-order valence-corrected chi connectivity index (χ2v) is 9.64. The number of halogens is 1. The molecule has 1 atom stereocenters. The van der Waals surface area contributed by atoms with E-state index >= 15 is 0 Å². The van der Waals surface area contributed by atoms with Crippen LogP contribution in [0.5, 0.6) is 0 Å². The van der Waals surface area contributed by atoms with E-state index in [1.807, 2.05) is 36.4 Å². The van der Waals surface area contributed by atoms with Crippen LogP contribution in [0.1, 0.15) is 59.1 Å². The summed E-state index contributed by atoms with van der Waals surface area (Å²) < 4.78 is 14.2. The minimum atomic E-state index is -0.215. The van der Waals surface area contributed by atoms with Gasteiger partial charge in [0.2, 0.25) is 0 Å². The largest absolute Gasteiger partial charge is 0.325 e. The molecule has 4 rings (SSSR count). The van der Waals surface area contributed by atoms with Crippen LogP contribution >= 0.6 is 11.3 Å². The first kappa shape index (κ1) is 21.7. The summed E-state index contributed by atoms with van der Waals surface area (Å²) in [6.45, 7) is 6.53. The zero-order valence-corrected chi connectivity index (χ0v) is 19.0. The molecular formula is C26H30FN2OS+. The monoisotopic (exact) mass is 437 g/mol. The molecule has 0 saturated carbocycles. The second kappa shape index (κ2) is 9.75. The van der Waals surface area contributed by atoms with Crippen LogP contribution in [0.3, 0.4) is 0 Å². The zero-order chi connectivity index (χ0) is 21.8. The van der Waals surface area contributed by atoms with Crippen molar-refractivity contribution in [3.8, 4) is 0 Å². The van der Waals surface area contributed by atoms with Crippen LogP contribution in [0, 0.1) is 11.7 Å². The summed E-state index contributed by atoms with van der Waals surface area (Å²) in [7, 11) is 0. The average Bonchev–Trinajstić information content (AvgIpc) is 3.18. The predicted molar refractivity (Wildman–Crippen MR) is 125 cm³/mol. The average molecular weight is 438 g/mol. The lowest BCUT2D eigenvalue weighted by Gasteiger charge is -2.34. The van der Waals surface area contributed by atoms with Gasteiger partial charge >= 0.3 is 0 Å². The van der Waals surface area contributed by atoms with E-state index in [0.29, 0.717) is 5.56 Å². The highest BCUT2D eigenvalue weighted by Gasteiger charge is 2.33. The molecule has 5 heteroatoms. The van der Waals surface area contributed by atoms with Crippen LogP contribution in [0.15, 0.2) is 60.7 Å². The molecule has 0 aliphatic carbocycles. The number of carbonyl (C=O) groups is 1. The van der Waals surface area contributed by atoms with E-state index in [-0.39, 0.29) is 17.8 Å². The molecule has 1 amide bonds. The maximum Gasteiger partial charge on any atom is 0.256 e. The van der Waals surface area contributed by atoms with Crippen molar-refractivity contribution in [3.63, 3.8) is 0 Å². The molecule has 2 aromatic carbocycles. The van der Waals surface area contributed by atoms with Gasteiger partial charge in [0.25, 0.3) is 5.91 Å². The predicted octanol–water partition coefficient (Wildman–Crippen LogP) is 5.11. The molecule has 3 nitrogen and oxygen atoms in total. The summed E-state index contributed by atoms with van der Waals surface area (Å²) in [4.78, 5) is 15.6. The van der Waals surface area contributed by atoms with Gasteiger partial charge in [0.05, 0.1) is 13.1 Å². The van der Waals surface area contributed by atoms with E-state index in [0.717, 1.165) is 54.4 Å². The molecule has 1 fully saturated rings. The zero-order valence-electron chi connectivity index (χ0n) is 18.2. The van der Waals surface area contributed by atoms with E-state index in [1.165, 1.54) is 15.8 Å². The minimum absolute atomic E-state index is 0.00539. The highest BCUT2D eigenvalue weighted by molar-refractivity contribution is 7.16. The van der Waals surface area contributed by atoms with Gasteiger partial charge in [-0.15, -0.1) is 11.3 Å². The molecule has 0 spiro atoms. The fraction of sp³-hybridized carbons (Fsp3) is 0.346. The van der Waals surface area contributed by atoms with E-state index in [2.05, 4.69) is 25.2 Å². The molecule has 1 saturated heterocycles. The third-order valence-corrected chi connectivity index (χ3v) is 7.45. The lowest BCUT2D eigenvalue weighted by molar-refractivity contribution is -0.931. The number of thiophene rings is 1. The molecule has 0 radical (unpaired) electrons. The highest BCUT2D eigenvalue weighted by atomic mass is 32.1. The third-order valence-electron chi connectivity index (χ3n) is 6.24. The Kier molecular flexibility index (Phi) is 6.83. The van der Waals surface area contributed by atoms with Crippen molar-refractivity contribution in [1.82, 2.24) is 0 Å². The first-order chi connectivity index (χ1) is 15.0. The fourth-order valence-corrected chi connectivity index (χ4v) is 5.48. The summed E-state index contributed by atoms with van der Waals surface area (Å²) in [5.41, 5.74) is 2.71. The van der Waals surface area contributed by atoms with E-state index in [1.54, 1.807) is 23.5 Å². The van der Waals surface area contributed by atoms with Gasteiger partial charge < -0.3 is 10.2 Å². The number of anilines is 1. The van der Waals surface area contributed by atoms with Crippen molar-refractivity contribution in [2.75, 3.05) is 18.4 Å². The van der Waals surface area contributed by atoms with Crippen molar-refractivity contribution in [1.29, 1.82) is 0 Å². The third kappa shape index (κ3) is 5.05. The molecule has 0 bridgehead atoms. The quantitative estimate of drug-likeness (QED) is 0.552. The Balaban J connectivity index is 1.73. The molecule has 1 aliphatic heterocycles. The van der Waals surface area contributed by atoms with Gasteiger partial charge in [-0.3, -0.25) is 4.79 Å². The summed E-state index contributed by atoms with van der Waals surface area (Å²) in [5.74, 6) is 0.405. The van der Waals surface area contributed by atoms with Crippen LogP contribution in [-0.4, -0.2) is 19.0 Å². The second-order valence-electron chi connectivity index (χ2n) is 8.50. The van der Waals surface area contributed by atoms with Crippen LogP contribution in [0.2, 0.25) is 0 Å². The molecule has 2 N–H and O–H groups in total. The SMILES string of the molecule is CCc1cc([C@H](c2cccc(F)c2)[NH+]2CCC(C)CC2)c(NC(=O)c2ccccc2)s1. The molecule has 162 valence electrons. The van der Waals surface area contributed by atoms with Crippen molar-refractivity contribution in [2.45, 2.75) is 39.2 Å². The topological polar surface area (TPSA) is 33.5 Å². The Morgan fingerprint density at radius 2 is 1.87 bits per heavy atom. The molecule has 2 heterocycles. The number of nitrogens with one attached hydrogen (secondary N) is 2. The van der Waals surface area contributed by atoms with Gasteiger partial charge in [0.1, 0.15) is 16.9 Å². The normalized spacial score (nSPS) is 19.7. The Morgan fingerprint density at radius 1 is 1.13 bits per heavy atom. The maximum absolute atomic E-state index is 14.2. The lowest BCUT2D eigenvalue weighted by Crippen LogP contribution is -3.13. The number of aryl methyl sites for hydroxylation is 1. The summed E-state index contributed by atoms with van der Waals surface area (Å²) in [5, 5.41) is 4.05. The Bertz CT molecular complexity index is 1020. The number of rotatable bonds is 6. The number of quaternary nitrogens is 1. The lowest BCUT2D eigenvalue weighted by atomic mass is 9.92. The number of hydrogen-bond acceptors (Lipinski definition) is 2. The van der Waals surface area contributed by atoms with Gasteiger partial charge in [-0.25, -0.2) is 4.39 Å². The standard InChI is InChI=1S/C26H29FN2OS/c1-3-22-17-23(26(31-22)28-25(30)19-8-5-4-6-9-19)24(20-10-7-11-21(27)16-20)29-14-12-18(2)13-15-29/h4-11,16-18,24H,3,12-15H2,1-2H3,(H,28,30)/p+1/t24-/m0/s1. The molecule has 31 heavy (non-hydrogen) atoms. The fourth-order valence-electron chi connectivity index (χ4n) is 4.45. The van der Waals surface area contributed by atoms with E-state index < -0.39 is 0 Å². The van der Waals surface area contributed by atoms with Gasteiger partial charge in [-0.05, 0) is 55.5 Å². The Morgan fingerprint density at radius 3 is 2.55 bits per heavy atom. The molecule has 1 aromatic heterocycles. The van der Waals surface area contributed by atoms with Crippen LogP contribution in [0.4, 0.5) is 9.39 Å². The van der Waals surface area contributed by atoms with Gasteiger partial charge in [-0.2, -0.15) is 0 Å². The molecular weight excluding hydrogens is 407 g/mol. The molecule has 1 aliphatic rings. The van der Waals surface area contributed by atoms with Crippen LogP contribution in [-0.2, 0) is 6.42 Å². The number of hydrogen-bond donors (Lipinski definition) is 2. The number of amides is 1. The number of likely N-dealkylation sites (tertiary alicyclic amines) is 1. The van der Waals surface area contributed by atoms with Crippen molar-refractivity contribution in [3.05, 3.63) is 88.0 Å². The van der Waals surface area contributed by atoms with Crippen LogP contribution < -0.4 is 10.2 Å². The Hall–Kier alpha value is -2.50.